The van der Waals surface area contributed by atoms with Crippen molar-refractivity contribution in [1.29, 1.82) is 0 Å². The smallest absolute Gasteiger partial charge is 0.278 e. The molecular formula is C23H22FN3O3. The number of hydrogen-bond donors (Lipinski definition) is 0. The van der Waals surface area contributed by atoms with E-state index >= 15 is 0 Å². The van der Waals surface area contributed by atoms with Crippen molar-refractivity contribution in [2.45, 2.75) is 39.8 Å². The topological polar surface area (TPSA) is 64.4 Å². The van der Waals surface area contributed by atoms with Crippen LogP contribution in [-0.2, 0) is 11.3 Å². The molecule has 1 aliphatic rings. The minimum absolute atomic E-state index is 0.0515. The Kier molecular flexibility index (Phi) is 5.11. The number of amides is 1. The molecule has 0 aliphatic carbocycles. The van der Waals surface area contributed by atoms with E-state index in [2.05, 4.69) is 5.10 Å². The van der Waals surface area contributed by atoms with Crippen molar-refractivity contribution in [2.24, 2.45) is 0 Å². The fraction of sp³-hybridized carbons (Fsp3) is 0.261. The fourth-order valence-corrected chi connectivity index (χ4v) is 3.63. The molecule has 6 nitrogen and oxygen atoms in total. The quantitative estimate of drug-likeness (QED) is 0.655. The highest BCUT2D eigenvalue weighted by Crippen LogP contribution is 2.37. The molecule has 4 rings (SSSR count). The zero-order valence-corrected chi connectivity index (χ0v) is 17.1. The Bertz CT molecular complexity index is 1140. The predicted molar refractivity (Wildman–Crippen MR) is 110 cm³/mol. The summed E-state index contributed by atoms with van der Waals surface area (Å²) in [5.74, 6) is -0.466. The molecule has 1 atom stereocenters. The summed E-state index contributed by atoms with van der Waals surface area (Å²) in [7, 11) is 0. The van der Waals surface area contributed by atoms with Gasteiger partial charge in [-0.25, -0.2) is 9.07 Å². The lowest BCUT2D eigenvalue weighted by Gasteiger charge is -2.34. The third-order valence-corrected chi connectivity index (χ3v) is 5.17. The average molecular weight is 407 g/mol. The van der Waals surface area contributed by atoms with E-state index in [9.17, 15) is 14.0 Å². The number of benzene rings is 2. The highest BCUT2D eigenvalue weighted by atomic mass is 19.1. The molecule has 1 aromatic heterocycles. The summed E-state index contributed by atoms with van der Waals surface area (Å²) in [6.45, 7) is 5.53. The molecule has 30 heavy (non-hydrogen) atoms. The number of aromatic nitrogens is 2. The van der Waals surface area contributed by atoms with Gasteiger partial charge in [0.15, 0.2) is 6.10 Å². The standard InChI is InChI=1S/C23H22FN3O3/c1-4-20-23(29)26(13-17-7-5-6-8-18(17)24)19-12-16(9-10-21(19)30-20)22(28)27-15(3)11-14(2)25-27/h5-12,20H,4,13H2,1-3H3. The summed E-state index contributed by atoms with van der Waals surface area (Å²) in [5.41, 5.74) is 2.66. The van der Waals surface area contributed by atoms with Gasteiger partial charge in [0.05, 0.1) is 17.9 Å². The predicted octanol–water partition coefficient (Wildman–Crippen LogP) is 4.03. The number of rotatable bonds is 4. The molecular weight excluding hydrogens is 385 g/mol. The van der Waals surface area contributed by atoms with Gasteiger partial charge in [0.2, 0.25) is 0 Å². The summed E-state index contributed by atoms with van der Waals surface area (Å²) < 4.78 is 21.4. The van der Waals surface area contributed by atoms with Gasteiger partial charge < -0.3 is 9.64 Å². The average Bonchev–Trinajstić information content (AvgIpc) is 3.08. The van der Waals surface area contributed by atoms with Crippen LogP contribution in [0, 0.1) is 19.7 Å². The second-order valence-corrected chi connectivity index (χ2v) is 7.36. The number of fused-ring (bicyclic) bond motifs is 1. The minimum Gasteiger partial charge on any atom is -0.478 e. The summed E-state index contributed by atoms with van der Waals surface area (Å²) in [6, 6.07) is 13.1. The molecule has 0 spiro atoms. The largest absolute Gasteiger partial charge is 0.478 e. The lowest BCUT2D eigenvalue weighted by molar-refractivity contribution is -0.126. The number of carbonyl (C=O) groups is 2. The number of nitrogens with zero attached hydrogens (tertiary/aromatic N) is 3. The summed E-state index contributed by atoms with van der Waals surface area (Å²) in [6.07, 6.45) is -0.166. The van der Waals surface area contributed by atoms with Crippen LogP contribution in [0.1, 0.15) is 40.7 Å². The first-order valence-electron chi connectivity index (χ1n) is 9.82. The number of ether oxygens (including phenoxy) is 1. The van der Waals surface area contributed by atoms with Gasteiger partial charge in [0.1, 0.15) is 11.6 Å². The van der Waals surface area contributed by atoms with Crippen molar-refractivity contribution in [3.63, 3.8) is 0 Å². The Balaban J connectivity index is 1.76. The molecule has 0 saturated carbocycles. The van der Waals surface area contributed by atoms with Crippen molar-refractivity contribution < 1.29 is 18.7 Å². The molecule has 0 fully saturated rings. The molecule has 1 unspecified atom stereocenters. The lowest BCUT2D eigenvalue weighted by Crippen LogP contribution is -2.45. The minimum atomic E-state index is -0.651. The Hall–Kier alpha value is -3.48. The summed E-state index contributed by atoms with van der Waals surface area (Å²) >= 11 is 0. The first-order chi connectivity index (χ1) is 14.4. The van der Waals surface area contributed by atoms with Crippen LogP contribution < -0.4 is 9.64 Å². The molecule has 3 aromatic rings. The Labute approximate surface area is 173 Å². The third kappa shape index (κ3) is 3.47. The van der Waals surface area contributed by atoms with Gasteiger partial charge in [-0.3, -0.25) is 9.59 Å². The van der Waals surface area contributed by atoms with Crippen LogP contribution in [0.4, 0.5) is 10.1 Å². The van der Waals surface area contributed by atoms with Crippen molar-refractivity contribution in [1.82, 2.24) is 9.78 Å². The van der Waals surface area contributed by atoms with Crippen molar-refractivity contribution >= 4 is 17.5 Å². The summed E-state index contributed by atoms with van der Waals surface area (Å²) in [5, 5.41) is 4.24. The maximum atomic E-state index is 14.3. The van der Waals surface area contributed by atoms with Crippen LogP contribution in [0.15, 0.2) is 48.5 Å². The van der Waals surface area contributed by atoms with Crippen molar-refractivity contribution in [2.75, 3.05) is 4.90 Å². The fourth-order valence-electron chi connectivity index (χ4n) is 3.63. The first-order valence-corrected chi connectivity index (χ1v) is 9.82. The molecule has 2 aromatic carbocycles. The molecule has 0 radical (unpaired) electrons. The molecule has 7 heteroatoms. The van der Waals surface area contributed by atoms with Gasteiger partial charge in [-0.2, -0.15) is 5.10 Å². The monoisotopic (exact) mass is 407 g/mol. The normalized spacial score (nSPS) is 15.7. The molecule has 1 amide bonds. The van der Waals surface area contributed by atoms with E-state index in [-0.39, 0.29) is 24.2 Å². The van der Waals surface area contributed by atoms with Gasteiger partial charge in [-0.15, -0.1) is 0 Å². The van der Waals surface area contributed by atoms with Crippen LogP contribution in [0.3, 0.4) is 0 Å². The second kappa shape index (κ2) is 7.74. The van der Waals surface area contributed by atoms with Crippen LogP contribution in [0.2, 0.25) is 0 Å². The Morgan fingerprint density at radius 3 is 2.60 bits per heavy atom. The summed E-state index contributed by atoms with van der Waals surface area (Å²) in [4.78, 5) is 27.5. The van der Waals surface area contributed by atoms with E-state index in [1.54, 1.807) is 43.3 Å². The number of halogens is 1. The van der Waals surface area contributed by atoms with E-state index < -0.39 is 6.10 Å². The van der Waals surface area contributed by atoms with E-state index in [0.29, 0.717) is 29.0 Å². The third-order valence-electron chi connectivity index (χ3n) is 5.17. The maximum Gasteiger partial charge on any atom is 0.278 e. The highest BCUT2D eigenvalue weighted by molar-refractivity contribution is 6.03. The molecule has 1 aliphatic heterocycles. The zero-order chi connectivity index (χ0) is 21.4. The Morgan fingerprint density at radius 2 is 1.93 bits per heavy atom. The highest BCUT2D eigenvalue weighted by Gasteiger charge is 2.34. The van der Waals surface area contributed by atoms with E-state index in [1.165, 1.54) is 15.6 Å². The molecule has 0 saturated heterocycles. The van der Waals surface area contributed by atoms with Crippen molar-refractivity contribution in [3.8, 4) is 5.75 Å². The van der Waals surface area contributed by atoms with Gasteiger partial charge in [0.25, 0.3) is 11.8 Å². The van der Waals surface area contributed by atoms with Crippen LogP contribution >= 0.6 is 0 Å². The molecule has 0 N–H and O–H groups in total. The zero-order valence-electron chi connectivity index (χ0n) is 17.1. The van der Waals surface area contributed by atoms with E-state index in [1.807, 2.05) is 19.9 Å². The van der Waals surface area contributed by atoms with Crippen LogP contribution in [0.25, 0.3) is 0 Å². The first kappa shape index (κ1) is 19.8. The van der Waals surface area contributed by atoms with Crippen LogP contribution in [-0.4, -0.2) is 27.7 Å². The van der Waals surface area contributed by atoms with Crippen LogP contribution in [0.5, 0.6) is 5.75 Å². The SMILES string of the molecule is CCC1Oc2ccc(C(=O)n3nc(C)cc3C)cc2N(Cc2ccccc2F)C1=O. The van der Waals surface area contributed by atoms with E-state index in [0.717, 1.165) is 11.4 Å². The van der Waals surface area contributed by atoms with Gasteiger partial charge >= 0.3 is 0 Å². The van der Waals surface area contributed by atoms with Gasteiger partial charge in [0, 0.05) is 16.8 Å². The Morgan fingerprint density at radius 1 is 1.17 bits per heavy atom. The number of hydrogen-bond acceptors (Lipinski definition) is 4. The number of anilines is 1. The van der Waals surface area contributed by atoms with Gasteiger partial charge in [-0.1, -0.05) is 25.1 Å². The second-order valence-electron chi connectivity index (χ2n) is 7.36. The van der Waals surface area contributed by atoms with Gasteiger partial charge in [-0.05, 0) is 50.6 Å². The molecule has 0 bridgehead atoms. The maximum absolute atomic E-state index is 14.3. The number of aryl methyl sites for hydroxylation is 2. The van der Waals surface area contributed by atoms with Crippen molar-refractivity contribution in [3.05, 3.63) is 76.9 Å². The lowest BCUT2D eigenvalue weighted by atomic mass is 10.1. The molecule has 154 valence electrons. The van der Waals surface area contributed by atoms with E-state index in [4.69, 9.17) is 4.74 Å². The molecule has 2 heterocycles. The number of carbonyl (C=O) groups excluding carboxylic acids is 2.